The number of Topliss-reactive ketones (excluding diaryl/α,β-unsaturated/α-hetero) is 2. The van der Waals surface area contributed by atoms with Gasteiger partial charge in [-0.15, -0.1) is 0 Å². The fourth-order valence-electron chi connectivity index (χ4n) is 2.92. The number of aliphatic carboxylic acids is 1. The number of phosphoric acid groups is 1. The summed E-state index contributed by atoms with van der Waals surface area (Å²) < 4.78 is 15.2. The van der Waals surface area contributed by atoms with E-state index in [1.54, 1.807) is 19.1 Å². The van der Waals surface area contributed by atoms with Gasteiger partial charge in [0.1, 0.15) is 5.75 Å². The van der Waals surface area contributed by atoms with E-state index in [1.807, 2.05) is 11.9 Å². The van der Waals surface area contributed by atoms with Crippen LogP contribution in [0.5, 0.6) is 5.75 Å². The lowest BCUT2D eigenvalue weighted by Gasteiger charge is -2.19. The zero-order valence-corrected chi connectivity index (χ0v) is 17.0. The number of hydrogen-bond donors (Lipinski definition) is 3. The van der Waals surface area contributed by atoms with E-state index in [1.165, 1.54) is 12.1 Å². The minimum absolute atomic E-state index is 0.0507. The number of rotatable bonds is 7. The first-order valence-corrected chi connectivity index (χ1v) is 10.3. The minimum atomic E-state index is -4.58. The van der Waals surface area contributed by atoms with Crippen LogP contribution in [-0.4, -0.2) is 57.0 Å². The third-order valence-corrected chi connectivity index (χ3v) is 4.65. The highest BCUT2D eigenvalue weighted by atomic mass is 31.2. The van der Waals surface area contributed by atoms with Crippen LogP contribution in [-0.2, 0) is 25.4 Å². The van der Waals surface area contributed by atoms with Gasteiger partial charge in [-0.1, -0.05) is 19.1 Å². The average Bonchev–Trinajstić information content (AvgIpc) is 2.99. The highest BCUT2D eigenvalue weighted by Crippen LogP contribution is 2.37. The fraction of sp³-hybridized carbons (Fsp3) is 0.500. The van der Waals surface area contributed by atoms with E-state index < -0.39 is 19.7 Å². The predicted octanol–water partition coefficient (Wildman–Crippen LogP) is 1.66. The van der Waals surface area contributed by atoms with Crippen molar-refractivity contribution in [3.63, 3.8) is 0 Å². The summed E-state index contributed by atoms with van der Waals surface area (Å²) in [5.41, 5.74) is 0.793. The van der Waals surface area contributed by atoms with Crippen LogP contribution in [0.2, 0.25) is 0 Å². The summed E-state index contributed by atoms with van der Waals surface area (Å²) in [6.45, 7) is 3.63. The van der Waals surface area contributed by atoms with E-state index in [0.29, 0.717) is 6.42 Å². The van der Waals surface area contributed by atoms with E-state index in [0.717, 1.165) is 31.9 Å². The van der Waals surface area contributed by atoms with Crippen molar-refractivity contribution in [2.24, 2.45) is 5.92 Å². The quantitative estimate of drug-likeness (QED) is 0.448. The van der Waals surface area contributed by atoms with Crippen molar-refractivity contribution >= 4 is 25.4 Å². The Morgan fingerprint density at radius 3 is 2.21 bits per heavy atom. The standard InChI is InChI=1S/C16H22NO6P.C2H4O2/c1-11(15(18)16(19)14-4-3-9-17(14)2)10-12-5-7-13(8-6-12)23-24(20,21)22;1-2(3)4/h5-8,11,14H,3-4,9-10H2,1-2H3,(H2,20,21,22);1H3,(H,3,4)/t11?,14-;/m0./s1. The van der Waals surface area contributed by atoms with Crippen LogP contribution in [0.4, 0.5) is 0 Å². The lowest BCUT2D eigenvalue weighted by Crippen LogP contribution is -2.39. The number of likely N-dealkylation sites (tertiary alicyclic amines) is 1. The molecule has 0 spiro atoms. The molecule has 0 aromatic heterocycles. The van der Waals surface area contributed by atoms with Crippen molar-refractivity contribution in [3.8, 4) is 5.75 Å². The molecule has 1 fully saturated rings. The van der Waals surface area contributed by atoms with Crippen LogP contribution in [0.1, 0.15) is 32.3 Å². The number of nitrogens with zero attached hydrogens (tertiary/aromatic N) is 1. The Morgan fingerprint density at radius 1 is 1.25 bits per heavy atom. The first-order valence-electron chi connectivity index (χ1n) is 8.72. The molecular weight excluding hydrogens is 389 g/mol. The van der Waals surface area contributed by atoms with Gasteiger partial charge in [-0.2, -0.15) is 0 Å². The number of ketones is 2. The van der Waals surface area contributed by atoms with E-state index >= 15 is 0 Å². The molecule has 2 rings (SSSR count). The smallest absolute Gasteiger partial charge is 0.481 e. The van der Waals surface area contributed by atoms with Crippen LogP contribution < -0.4 is 4.52 Å². The average molecular weight is 415 g/mol. The van der Waals surface area contributed by atoms with Gasteiger partial charge in [0.2, 0.25) is 11.6 Å². The van der Waals surface area contributed by atoms with Crippen LogP contribution in [0.3, 0.4) is 0 Å². The molecule has 0 radical (unpaired) electrons. The molecule has 1 aliphatic heterocycles. The molecule has 0 aliphatic carbocycles. The molecule has 3 N–H and O–H groups in total. The third-order valence-electron chi connectivity index (χ3n) is 4.20. The summed E-state index contributed by atoms with van der Waals surface area (Å²) >= 11 is 0. The van der Waals surface area contributed by atoms with Crippen molar-refractivity contribution in [3.05, 3.63) is 29.8 Å². The summed E-state index contributed by atoms with van der Waals surface area (Å²) in [4.78, 5) is 53.0. The number of hydrogen-bond acceptors (Lipinski definition) is 6. The normalized spacial score (nSPS) is 18.0. The molecule has 2 atom stereocenters. The SMILES string of the molecule is CC(=O)O.CC(Cc1ccc(OP(=O)(O)O)cc1)C(=O)C(=O)[C@@H]1CCCN1C. The van der Waals surface area contributed by atoms with Crippen LogP contribution >= 0.6 is 7.82 Å². The molecule has 28 heavy (non-hydrogen) atoms. The summed E-state index contributed by atoms with van der Waals surface area (Å²) in [5.74, 6) is -1.93. The van der Waals surface area contributed by atoms with Gasteiger partial charge < -0.3 is 9.63 Å². The Kier molecular flexibility index (Phi) is 8.97. The number of likely N-dealkylation sites (N-methyl/N-ethyl adjacent to an activating group) is 1. The van der Waals surface area contributed by atoms with Crippen molar-refractivity contribution in [1.82, 2.24) is 4.90 Å². The van der Waals surface area contributed by atoms with E-state index in [9.17, 15) is 14.2 Å². The largest absolute Gasteiger partial charge is 0.524 e. The van der Waals surface area contributed by atoms with Gasteiger partial charge in [-0.25, -0.2) is 4.57 Å². The zero-order chi connectivity index (χ0) is 21.5. The Morgan fingerprint density at radius 2 is 1.79 bits per heavy atom. The van der Waals surface area contributed by atoms with Crippen LogP contribution in [0, 0.1) is 5.92 Å². The monoisotopic (exact) mass is 415 g/mol. The molecule has 0 saturated carbocycles. The van der Waals surface area contributed by atoms with Gasteiger partial charge in [0.05, 0.1) is 6.04 Å². The van der Waals surface area contributed by atoms with E-state index in [-0.39, 0.29) is 23.4 Å². The second-order valence-electron chi connectivity index (χ2n) is 6.72. The highest BCUT2D eigenvalue weighted by molar-refractivity contribution is 7.46. The van der Waals surface area contributed by atoms with Gasteiger partial charge in [-0.05, 0) is 50.6 Å². The number of carbonyl (C=O) groups excluding carboxylic acids is 2. The highest BCUT2D eigenvalue weighted by Gasteiger charge is 2.34. The summed E-state index contributed by atoms with van der Waals surface area (Å²) in [6.07, 6.45) is 2.04. The molecule has 1 aromatic rings. The predicted molar refractivity (Wildman–Crippen MR) is 101 cm³/mol. The first-order chi connectivity index (χ1) is 12.9. The molecule has 1 aromatic carbocycles. The van der Waals surface area contributed by atoms with Gasteiger partial charge in [0, 0.05) is 12.8 Å². The number of benzene rings is 1. The Balaban J connectivity index is 0.000000892. The number of carboxylic acids is 1. The summed E-state index contributed by atoms with van der Waals surface area (Å²) in [5, 5.41) is 7.42. The van der Waals surface area contributed by atoms with Crippen molar-refractivity contribution < 1.29 is 38.4 Å². The Bertz CT molecular complexity index is 738. The topological polar surface area (TPSA) is 141 Å². The van der Waals surface area contributed by atoms with E-state index in [4.69, 9.17) is 19.7 Å². The maximum atomic E-state index is 12.3. The van der Waals surface area contributed by atoms with Gasteiger partial charge >= 0.3 is 7.82 Å². The second kappa shape index (κ2) is 10.5. The first kappa shape index (κ1) is 24.0. The number of carboxylic acid groups (broad SMARTS) is 1. The zero-order valence-electron chi connectivity index (χ0n) is 16.1. The lowest BCUT2D eigenvalue weighted by atomic mass is 9.92. The van der Waals surface area contributed by atoms with Crippen molar-refractivity contribution in [2.45, 2.75) is 39.2 Å². The lowest BCUT2D eigenvalue weighted by molar-refractivity contribution is -0.141. The Labute approximate surface area is 163 Å². The number of phosphoric ester groups is 1. The van der Waals surface area contributed by atoms with E-state index in [2.05, 4.69) is 4.52 Å². The Hall–Kier alpha value is -2.06. The van der Waals surface area contributed by atoms with Crippen molar-refractivity contribution in [2.75, 3.05) is 13.6 Å². The van der Waals surface area contributed by atoms with Gasteiger partial charge in [0.25, 0.3) is 5.97 Å². The fourth-order valence-corrected chi connectivity index (χ4v) is 3.31. The van der Waals surface area contributed by atoms with Gasteiger partial charge in [-0.3, -0.25) is 29.1 Å². The molecule has 1 unspecified atom stereocenters. The van der Waals surface area contributed by atoms with Crippen molar-refractivity contribution in [1.29, 1.82) is 0 Å². The number of carbonyl (C=O) groups is 3. The summed E-state index contributed by atoms with van der Waals surface area (Å²) in [6, 6.07) is 5.80. The molecule has 1 heterocycles. The molecule has 0 bridgehead atoms. The molecular formula is C18H26NO8P. The maximum absolute atomic E-state index is 12.3. The second-order valence-corrected chi connectivity index (χ2v) is 7.88. The molecule has 9 nitrogen and oxygen atoms in total. The molecule has 156 valence electrons. The molecule has 1 saturated heterocycles. The van der Waals surface area contributed by atoms with Gasteiger partial charge in [0.15, 0.2) is 0 Å². The minimum Gasteiger partial charge on any atom is -0.481 e. The van der Waals surface area contributed by atoms with Crippen LogP contribution in [0.25, 0.3) is 0 Å². The molecule has 10 heteroatoms. The maximum Gasteiger partial charge on any atom is 0.524 e. The molecule has 1 aliphatic rings. The molecule has 0 amide bonds. The summed E-state index contributed by atoms with van der Waals surface area (Å²) in [7, 11) is -2.73. The van der Waals surface area contributed by atoms with Crippen LogP contribution in [0.15, 0.2) is 24.3 Å². The third kappa shape index (κ3) is 8.31.